The number of esters is 2. The minimum Gasteiger partial charge on any atom is -0.426 e. The van der Waals surface area contributed by atoms with Crippen molar-refractivity contribution in [2.24, 2.45) is 0 Å². The smallest absolute Gasteiger partial charge is 0.311 e. The number of carbonyl (C=O) groups excluding carboxylic acids is 4. The average Bonchev–Trinajstić information content (AvgIpc) is 2.66. The quantitative estimate of drug-likeness (QED) is 0.476. The monoisotopic (exact) mass is 380 g/mol. The lowest BCUT2D eigenvalue weighted by Gasteiger charge is -2.21. The Hall–Kier alpha value is -3.28. The van der Waals surface area contributed by atoms with Crippen molar-refractivity contribution in [1.82, 2.24) is 0 Å². The highest BCUT2D eigenvalue weighted by Crippen LogP contribution is 2.37. The zero-order chi connectivity index (χ0) is 20.3. The molecule has 0 saturated carbocycles. The van der Waals surface area contributed by atoms with Crippen LogP contribution in [0.3, 0.4) is 0 Å². The molecule has 0 amide bonds. The third-order valence-electron chi connectivity index (χ3n) is 4.35. The van der Waals surface area contributed by atoms with Crippen molar-refractivity contribution in [3.63, 3.8) is 0 Å². The number of ether oxygens (including phenoxy) is 2. The Balaban J connectivity index is 2.08. The largest absolute Gasteiger partial charge is 0.426 e. The van der Waals surface area contributed by atoms with E-state index in [1.54, 1.807) is 12.1 Å². The first-order chi connectivity index (χ1) is 13.5. The van der Waals surface area contributed by atoms with Gasteiger partial charge in [-0.25, -0.2) is 0 Å². The van der Waals surface area contributed by atoms with E-state index in [0.717, 1.165) is 0 Å². The van der Waals surface area contributed by atoms with Crippen molar-refractivity contribution in [2.45, 2.75) is 39.5 Å². The van der Waals surface area contributed by atoms with Gasteiger partial charge in [0.1, 0.15) is 11.5 Å². The van der Waals surface area contributed by atoms with Crippen LogP contribution in [0.25, 0.3) is 0 Å². The van der Waals surface area contributed by atoms with Gasteiger partial charge in [0.15, 0.2) is 5.78 Å². The summed E-state index contributed by atoms with van der Waals surface area (Å²) < 4.78 is 10.7. The van der Waals surface area contributed by atoms with E-state index in [0.29, 0.717) is 12.8 Å². The summed E-state index contributed by atoms with van der Waals surface area (Å²) in [6, 6.07) is 9.13. The summed E-state index contributed by atoms with van der Waals surface area (Å²) in [6.45, 7) is 3.67. The van der Waals surface area contributed by atoms with Crippen molar-refractivity contribution in [1.29, 1.82) is 0 Å². The Labute approximate surface area is 162 Å². The summed E-state index contributed by atoms with van der Waals surface area (Å²) in [4.78, 5) is 50.0. The number of carbonyl (C=O) groups is 4. The van der Waals surface area contributed by atoms with Gasteiger partial charge < -0.3 is 9.47 Å². The van der Waals surface area contributed by atoms with E-state index in [1.165, 1.54) is 24.3 Å². The second-order valence-corrected chi connectivity index (χ2v) is 6.46. The van der Waals surface area contributed by atoms with Gasteiger partial charge in [0, 0.05) is 24.0 Å². The Morgan fingerprint density at radius 2 is 1.14 bits per heavy atom. The summed E-state index contributed by atoms with van der Waals surface area (Å²) in [5.74, 6) is -1.78. The second kappa shape index (κ2) is 8.17. The molecule has 0 aromatic heterocycles. The lowest BCUT2D eigenvalue weighted by Crippen LogP contribution is -2.24. The molecule has 2 aromatic rings. The molecule has 0 radical (unpaired) electrons. The summed E-state index contributed by atoms with van der Waals surface area (Å²) in [5, 5.41) is 0. The number of benzene rings is 2. The number of ketones is 2. The van der Waals surface area contributed by atoms with E-state index in [-0.39, 0.29) is 52.4 Å². The molecule has 0 fully saturated rings. The molecule has 0 aliphatic heterocycles. The molecule has 28 heavy (non-hydrogen) atoms. The van der Waals surface area contributed by atoms with E-state index in [2.05, 4.69) is 0 Å². The number of hydrogen-bond donors (Lipinski definition) is 0. The SMILES string of the molecule is CCCC(=O)Oc1cccc2c1C(=O)c1c(OC(=O)CCC)cccc1C2=O. The zero-order valence-electron chi connectivity index (χ0n) is 15.7. The van der Waals surface area contributed by atoms with Crippen LogP contribution in [0, 0.1) is 0 Å². The average molecular weight is 380 g/mol. The zero-order valence-corrected chi connectivity index (χ0v) is 15.7. The minimum atomic E-state index is -0.510. The molecule has 0 N–H and O–H groups in total. The summed E-state index contributed by atoms with van der Waals surface area (Å²) in [5.41, 5.74) is 0.361. The van der Waals surface area contributed by atoms with Gasteiger partial charge in [-0.2, -0.15) is 0 Å². The van der Waals surface area contributed by atoms with Gasteiger partial charge in [0.05, 0.1) is 11.1 Å². The Morgan fingerprint density at radius 3 is 1.54 bits per heavy atom. The molecule has 0 atom stereocenters. The highest BCUT2D eigenvalue weighted by atomic mass is 16.5. The van der Waals surface area contributed by atoms with E-state index >= 15 is 0 Å². The maximum atomic E-state index is 13.2. The van der Waals surface area contributed by atoms with Crippen LogP contribution in [-0.4, -0.2) is 23.5 Å². The predicted molar refractivity (Wildman–Crippen MR) is 101 cm³/mol. The van der Waals surface area contributed by atoms with Gasteiger partial charge >= 0.3 is 11.9 Å². The van der Waals surface area contributed by atoms with E-state index in [1.807, 2.05) is 13.8 Å². The molecule has 0 spiro atoms. The Bertz CT molecular complexity index is 897. The van der Waals surface area contributed by atoms with Gasteiger partial charge in [-0.15, -0.1) is 0 Å². The minimum absolute atomic E-state index is 0.0171. The number of hydrogen-bond acceptors (Lipinski definition) is 6. The third kappa shape index (κ3) is 3.58. The van der Waals surface area contributed by atoms with Crippen LogP contribution in [0.15, 0.2) is 36.4 Å². The van der Waals surface area contributed by atoms with Gasteiger partial charge in [-0.1, -0.05) is 38.1 Å². The maximum absolute atomic E-state index is 13.2. The summed E-state index contributed by atoms with van der Waals surface area (Å²) in [6.07, 6.45) is 1.59. The molecular formula is C22H20O6. The predicted octanol–water partition coefficient (Wildman–Crippen LogP) is 3.87. The molecule has 1 aliphatic rings. The first-order valence-electron chi connectivity index (χ1n) is 9.24. The molecule has 1 aliphatic carbocycles. The van der Waals surface area contributed by atoms with Gasteiger partial charge in [-0.3, -0.25) is 19.2 Å². The molecule has 0 heterocycles. The van der Waals surface area contributed by atoms with Crippen LogP contribution >= 0.6 is 0 Å². The van der Waals surface area contributed by atoms with Crippen LogP contribution in [0.2, 0.25) is 0 Å². The van der Waals surface area contributed by atoms with E-state index in [9.17, 15) is 19.2 Å². The molecule has 0 saturated heterocycles. The van der Waals surface area contributed by atoms with Gasteiger partial charge in [0.2, 0.25) is 5.78 Å². The Morgan fingerprint density at radius 1 is 0.714 bits per heavy atom. The highest BCUT2D eigenvalue weighted by molar-refractivity contribution is 6.30. The topological polar surface area (TPSA) is 86.7 Å². The molecular weight excluding hydrogens is 360 g/mol. The van der Waals surface area contributed by atoms with Gasteiger partial charge in [0.25, 0.3) is 0 Å². The van der Waals surface area contributed by atoms with Crippen molar-refractivity contribution < 1.29 is 28.7 Å². The van der Waals surface area contributed by atoms with Crippen LogP contribution in [0.1, 0.15) is 71.4 Å². The number of rotatable bonds is 6. The Kier molecular flexibility index (Phi) is 5.68. The maximum Gasteiger partial charge on any atom is 0.311 e. The van der Waals surface area contributed by atoms with Crippen molar-refractivity contribution in [3.05, 3.63) is 58.7 Å². The highest BCUT2D eigenvalue weighted by Gasteiger charge is 2.35. The molecule has 0 bridgehead atoms. The standard InChI is InChI=1S/C22H20O6/c1-3-7-17(23)27-15-11-5-9-13-19(15)22(26)20-14(21(13)25)10-6-12-16(20)28-18(24)8-4-2/h5-6,9-12H,3-4,7-8H2,1-2H3. The van der Waals surface area contributed by atoms with E-state index in [4.69, 9.17) is 9.47 Å². The molecule has 144 valence electrons. The van der Waals surface area contributed by atoms with Crippen LogP contribution in [-0.2, 0) is 9.59 Å². The van der Waals surface area contributed by atoms with Crippen molar-refractivity contribution in [2.75, 3.05) is 0 Å². The van der Waals surface area contributed by atoms with Crippen LogP contribution < -0.4 is 9.47 Å². The summed E-state index contributed by atoms with van der Waals surface area (Å²) in [7, 11) is 0. The molecule has 3 rings (SSSR count). The van der Waals surface area contributed by atoms with Crippen molar-refractivity contribution in [3.8, 4) is 11.5 Å². The van der Waals surface area contributed by atoms with Gasteiger partial charge in [-0.05, 0) is 25.0 Å². The van der Waals surface area contributed by atoms with Crippen LogP contribution in [0.5, 0.6) is 11.5 Å². The first kappa shape index (κ1) is 19.5. The molecule has 0 unspecified atom stereocenters. The fourth-order valence-corrected chi connectivity index (χ4v) is 3.10. The lowest BCUT2D eigenvalue weighted by molar-refractivity contribution is -0.135. The van der Waals surface area contributed by atoms with Crippen LogP contribution in [0.4, 0.5) is 0 Å². The third-order valence-corrected chi connectivity index (χ3v) is 4.35. The van der Waals surface area contributed by atoms with Crippen molar-refractivity contribution >= 4 is 23.5 Å². The fourth-order valence-electron chi connectivity index (χ4n) is 3.10. The second-order valence-electron chi connectivity index (χ2n) is 6.46. The summed E-state index contributed by atoms with van der Waals surface area (Å²) >= 11 is 0. The first-order valence-corrected chi connectivity index (χ1v) is 9.24. The number of fused-ring (bicyclic) bond motifs is 2. The molecule has 6 heteroatoms. The fraction of sp³-hybridized carbons (Fsp3) is 0.273. The van der Waals surface area contributed by atoms with E-state index < -0.39 is 17.7 Å². The molecule has 6 nitrogen and oxygen atoms in total. The lowest BCUT2D eigenvalue weighted by atomic mass is 9.83. The molecule has 2 aromatic carbocycles. The normalized spacial score (nSPS) is 12.2.